The summed E-state index contributed by atoms with van der Waals surface area (Å²) in [4.78, 5) is 4.56. The van der Waals surface area contributed by atoms with E-state index in [1.807, 2.05) is 38.1 Å². The Morgan fingerprint density at radius 3 is 2.64 bits per heavy atom. The van der Waals surface area contributed by atoms with Crippen LogP contribution in [0.4, 0.5) is 0 Å². The molecule has 0 spiro atoms. The second-order valence-corrected chi connectivity index (χ2v) is 9.87. The largest absolute Gasteiger partial charge is 0.490 e. The maximum atomic E-state index is 6.14. The molecule has 3 aromatic heterocycles. The summed E-state index contributed by atoms with van der Waals surface area (Å²) < 4.78 is 18.3. The Bertz CT molecular complexity index is 1590. The van der Waals surface area contributed by atoms with E-state index in [0.717, 1.165) is 39.4 Å². The number of rotatable bonds is 11. The number of tetrazole rings is 1. The van der Waals surface area contributed by atoms with Crippen molar-refractivity contribution in [2.45, 2.75) is 32.8 Å². The van der Waals surface area contributed by atoms with E-state index in [2.05, 4.69) is 67.1 Å². The summed E-state index contributed by atoms with van der Waals surface area (Å²) in [6.07, 6.45) is 2.35. The Kier molecular flexibility index (Phi) is 8.46. The number of thiophene rings is 1. The van der Waals surface area contributed by atoms with Gasteiger partial charge in [0.1, 0.15) is 24.7 Å². The molecule has 39 heavy (non-hydrogen) atoms. The Morgan fingerprint density at radius 1 is 1.00 bits per heavy atom. The van der Waals surface area contributed by atoms with E-state index in [9.17, 15) is 0 Å². The van der Waals surface area contributed by atoms with E-state index in [1.165, 1.54) is 10.1 Å². The Morgan fingerprint density at radius 2 is 1.87 bits per heavy atom. The zero-order chi connectivity index (χ0) is 27.0. The molecular formula is C30H29N5O3S. The van der Waals surface area contributed by atoms with Crippen LogP contribution in [0.1, 0.15) is 35.5 Å². The van der Waals surface area contributed by atoms with E-state index in [-0.39, 0.29) is 5.92 Å². The highest BCUT2D eigenvalue weighted by molar-refractivity contribution is 7.17. The zero-order valence-electron chi connectivity index (χ0n) is 22.1. The third-order valence-electron chi connectivity index (χ3n) is 6.33. The Balaban J connectivity index is 1.30. The van der Waals surface area contributed by atoms with Gasteiger partial charge >= 0.3 is 0 Å². The fraction of sp³-hybridized carbons (Fsp3) is 0.267. The van der Waals surface area contributed by atoms with E-state index in [1.54, 1.807) is 24.6 Å². The highest BCUT2D eigenvalue weighted by Crippen LogP contribution is 2.37. The van der Waals surface area contributed by atoms with Crippen molar-refractivity contribution in [2.24, 2.45) is 0 Å². The van der Waals surface area contributed by atoms with Crippen molar-refractivity contribution in [2.75, 3.05) is 20.3 Å². The molecule has 8 nitrogen and oxygen atoms in total. The fourth-order valence-electron chi connectivity index (χ4n) is 4.32. The van der Waals surface area contributed by atoms with Gasteiger partial charge in [-0.1, -0.05) is 29.3 Å². The summed E-state index contributed by atoms with van der Waals surface area (Å²) in [5.41, 5.74) is 5.35. The van der Waals surface area contributed by atoms with E-state index < -0.39 is 0 Å². The summed E-state index contributed by atoms with van der Waals surface area (Å²) in [5.74, 6) is 8.41. The maximum absolute atomic E-state index is 6.14. The van der Waals surface area contributed by atoms with Crippen LogP contribution in [0, 0.1) is 18.8 Å². The molecule has 3 heterocycles. The lowest BCUT2D eigenvalue weighted by atomic mass is 9.96. The van der Waals surface area contributed by atoms with Gasteiger partial charge in [0.05, 0.1) is 18.7 Å². The van der Waals surface area contributed by atoms with Gasteiger partial charge in [-0.25, -0.2) is 0 Å². The monoisotopic (exact) mass is 539 g/mol. The molecule has 0 fully saturated rings. The number of H-pyrrole nitrogens is 1. The number of aromatic amines is 1. The van der Waals surface area contributed by atoms with Crippen LogP contribution in [0.5, 0.6) is 11.5 Å². The van der Waals surface area contributed by atoms with Gasteiger partial charge in [0.25, 0.3) is 0 Å². The molecule has 0 aliphatic rings. The van der Waals surface area contributed by atoms with Crippen molar-refractivity contribution >= 4 is 21.4 Å². The first-order chi connectivity index (χ1) is 19.1. The van der Waals surface area contributed by atoms with E-state index in [0.29, 0.717) is 32.1 Å². The molecule has 0 radical (unpaired) electrons. The summed E-state index contributed by atoms with van der Waals surface area (Å²) in [5, 5.41) is 17.6. The summed E-state index contributed by atoms with van der Waals surface area (Å²) >= 11 is 1.72. The van der Waals surface area contributed by atoms with Crippen LogP contribution in [-0.2, 0) is 17.8 Å². The molecule has 9 heteroatoms. The second kappa shape index (κ2) is 12.5. The number of nitrogens with zero attached hydrogens (tertiary/aromatic N) is 4. The number of aromatic nitrogens is 5. The van der Waals surface area contributed by atoms with Gasteiger partial charge in [0.2, 0.25) is 0 Å². The molecule has 1 unspecified atom stereocenters. The van der Waals surface area contributed by atoms with Crippen LogP contribution >= 0.6 is 11.3 Å². The summed E-state index contributed by atoms with van der Waals surface area (Å²) in [6, 6.07) is 16.6. The SMILES string of the molecule is CC#CC(Cc1nn[nH]n1)c1ccc(OCc2ccc3scc(-c4cc(OCCOC)cnc4C)c3c2)cc1. The first-order valence-electron chi connectivity index (χ1n) is 12.6. The standard InChI is InChI=1S/C30H29N5O3S/c1-4-5-23(15-30-32-34-35-33-30)22-7-9-24(10-8-22)38-18-21-6-11-29-27(14-21)28(19-39-29)26-16-25(17-31-20(26)2)37-13-12-36-3/h6-11,14,16-17,19,23H,12-13,15,18H2,1-3H3,(H,32,33,34,35). The molecule has 0 aliphatic heterocycles. The number of aryl methyl sites for hydroxylation is 1. The number of pyridine rings is 1. The molecule has 1 atom stereocenters. The molecule has 198 valence electrons. The molecule has 0 bridgehead atoms. The van der Waals surface area contributed by atoms with Crippen molar-refractivity contribution in [3.63, 3.8) is 0 Å². The third kappa shape index (κ3) is 6.42. The number of methoxy groups -OCH3 is 1. The number of nitrogens with one attached hydrogen (secondary N) is 1. The summed E-state index contributed by atoms with van der Waals surface area (Å²) in [7, 11) is 1.66. The van der Waals surface area contributed by atoms with E-state index in [4.69, 9.17) is 14.2 Å². The number of hydrogen-bond donors (Lipinski definition) is 1. The minimum Gasteiger partial charge on any atom is -0.490 e. The topological polar surface area (TPSA) is 95.0 Å². The van der Waals surface area contributed by atoms with Crippen LogP contribution in [0.2, 0.25) is 0 Å². The van der Waals surface area contributed by atoms with Crippen LogP contribution in [-0.4, -0.2) is 45.9 Å². The number of fused-ring (bicyclic) bond motifs is 1. The highest BCUT2D eigenvalue weighted by atomic mass is 32.1. The average molecular weight is 540 g/mol. The first-order valence-corrected chi connectivity index (χ1v) is 13.5. The van der Waals surface area contributed by atoms with Crippen molar-refractivity contribution < 1.29 is 14.2 Å². The molecule has 1 N–H and O–H groups in total. The molecule has 0 saturated carbocycles. The minimum atomic E-state index is -0.0112. The molecule has 5 rings (SSSR count). The average Bonchev–Trinajstić information content (AvgIpc) is 3.63. The number of benzene rings is 2. The molecular weight excluding hydrogens is 510 g/mol. The maximum Gasteiger partial charge on any atom is 0.176 e. The second-order valence-electron chi connectivity index (χ2n) is 8.96. The van der Waals surface area contributed by atoms with Gasteiger partial charge in [-0.05, 0) is 60.7 Å². The minimum absolute atomic E-state index is 0.0112. The van der Waals surface area contributed by atoms with Crippen LogP contribution in [0.3, 0.4) is 0 Å². The fourth-order valence-corrected chi connectivity index (χ4v) is 5.27. The van der Waals surface area contributed by atoms with Crippen LogP contribution in [0.25, 0.3) is 21.2 Å². The van der Waals surface area contributed by atoms with Crippen molar-refractivity contribution in [1.82, 2.24) is 25.6 Å². The van der Waals surface area contributed by atoms with Crippen molar-refractivity contribution in [3.05, 3.63) is 82.8 Å². The van der Waals surface area contributed by atoms with Crippen LogP contribution in [0.15, 0.2) is 60.1 Å². The smallest absolute Gasteiger partial charge is 0.176 e. The lowest BCUT2D eigenvalue weighted by Gasteiger charge is -2.12. The number of ether oxygens (including phenoxy) is 3. The van der Waals surface area contributed by atoms with Crippen LogP contribution < -0.4 is 9.47 Å². The van der Waals surface area contributed by atoms with Gasteiger partial charge in [-0.3, -0.25) is 4.98 Å². The van der Waals surface area contributed by atoms with Gasteiger partial charge in [0, 0.05) is 40.4 Å². The predicted molar refractivity (Wildman–Crippen MR) is 152 cm³/mol. The van der Waals surface area contributed by atoms with Gasteiger partial charge in [0.15, 0.2) is 5.82 Å². The first kappa shape index (κ1) is 26.4. The molecule has 0 saturated heterocycles. The quantitative estimate of drug-likeness (QED) is 0.169. The van der Waals surface area contributed by atoms with Gasteiger partial charge in [-0.2, -0.15) is 5.21 Å². The summed E-state index contributed by atoms with van der Waals surface area (Å²) in [6.45, 7) is 5.33. The zero-order valence-corrected chi connectivity index (χ0v) is 22.9. The number of hydrogen-bond acceptors (Lipinski definition) is 8. The van der Waals surface area contributed by atoms with Gasteiger partial charge < -0.3 is 14.2 Å². The molecule has 0 amide bonds. The molecule has 0 aliphatic carbocycles. The van der Waals surface area contributed by atoms with Gasteiger partial charge in [-0.15, -0.1) is 27.5 Å². The highest BCUT2D eigenvalue weighted by Gasteiger charge is 2.14. The Labute approximate surface area is 231 Å². The molecule has 5 aromatic rings. The lowest BCUT2D eigenvalue weighted by Crippen LogP contribution is -2.04. The predicted octanol–water partition coefficient (Wildman–Crippen LogP) is 5.74. The van der Waals surface area contributed by atoms with Crippen molar-refractivity contribution in [1.29, 1.82) is 0 Å². The Hall–Kier alpha value is -4.26. The third-order valence-corrected chi connectivity index (χ3v) is 7.29. The molecule has 2 aromatic carbocycles. The van der Waals surface area contributed by atoms with Crippen molar-refractivity contribution in [3.8, 4) is 34.5 Å². The normalized spacial score (nSPS) is 11.7. The lowest BCUT2D eigenvalue weighted by molar-refractivity contribution is 0.146. The van der Waals surface area contributed by atoms with E-state index >= 15 is 0 Å².